The number of carbonyl (C=O) groups is 2. The Morgan fingerprint density at radius 2 is 2.09 bits per heavy atom. The number of amides is 3. The number of urea groups is 1. The van der Waals surface area contributed by atoms with Gasteiger partial charge in [0.2, 0.25) is 5.91 Å². The Balaban J connectivity index is 1.46. The first-order valence-corrected chi connectivity index (χ1v) is 8.32. The third-order valence-electron chi connectivity index (χ3n) is 4.30. The van der Waals surface area contributed by atoms with Gasteiger partial charge < -0.3 is 20.9 Å². The quantitative estimate of drug-likeness (QED) is 0.783. The summed E-state index contributed by atoms with van der Waals surface area (Å²) in [4.78, 5) is 25.4. The van der Waals surface area contributed by atoms with E-state index in [1.165, 1.54) is 0 Å². The van der Waals surface area contributed by atoms with Crippen LogP contribution in [-0.4, -0.2) is 43.7 Å². The predicted octanol–water partition coefficient (Wildman–Crippen LogP) is 1.50. The lowest BCUT2D eigenvalue weighted by molar-refractivity contribution is -0.122. The van der Waals surface area contributed by atoms with E-state index in [-0.39, 0.29) is 24.0 Å². The molecule has 3 N–H and O–H groups in total. The first kappa shape index (κ1) is 15.9. The van der Waals surface area contributed by atoms with E-state index in [9.17, 15) is 9.59 Å². The van der Waals surface area contributed by atoms with Crippen molar-refractivity contribution in [3.63, 3.8) is 0 Å². The molecule has 2 atom stereocenters. The molecule has 3 amide bonds. The highest BCUT2D eigenvalue weighted by atomic mass is 35.5. The standard InChI is InChI=1S/C16H21ClN4O2/c17-11-2-1-3-14(8-11)21-7-6-13(10-21)20-16(23)19-12-4-5-15(22)18-9-12/h1-3,8,12-13H,4-7,9-10H2,(H,18,22)(H2,19,20,23)/t12-,13-/m0/s1. The maximum absolute atomic E-state index is 12.1. The van der Waals surface area contributed by atoms with Crippen molar-refractivity contribution in [3.05, 3.63) is 29.3 Å². The topological polar surface area (TPSA) is 73.5 Å². The molecule has 0 aromatic heterocycles. The van der Waals surface area contributed by atoms with Crippen molar-refractivity contribution in [1.29, 1.82) is 0 Å². The van der Waals surface area contributed by atoms with Crippen molar-refractivity contribution >= 4 is 29.2 Å². The van der Waals surface area contributed by atoms with Gasteiger partial charge in [0.25, 0.3) is 0 Å². The van der Waals surface area contributed by atoms with Crippen molar-refractivity contribution in [1.82, 2.24) is 16.0 Å². The molecule has 2 saturated heterocycles. The van der Waals surface area contributed by atoms with Crippen LogP contribution < -0.4 is 20.9 Å². The average molecular weight is 337 g/mol. The molecule has 0 saturated carbocycles. The molecular formula is C16H21ClN4O2. The van der Waals surface area contributed by atoms with E-state index in [0.717, 1.165) is 30.2 Å². The summed E-state index contributed by atoms with van der Waals surface area (Å²) < 4.78 is 0. The number of rotatable bonds is 3. The van der Waals surface area contributed by atoms with Crippen molar-refractivity contribution in [2.24, 2.45) is 0 Å². The van der Waals surface area contributed by atoms with E-state index in [2.05, 4.69) is 20.9 Å². The van der Waals surface area contributed by atoms with Crippen molar-refractivity contribution < 1.29 is 9.59 Å². The Morgan fingerprint density at radius 1 is 1.26 bits per heavy atom. The van der Waals surface area contributed by atoms with Gasteiger partial charge in [-0.15, -0.1) is 0 Å². The van der Waals surface area contributed by atoms with Crippen LogP contribution in [0.1, 0.15) is 19.3 Å². The van der Waals surface area contributed by atoms with Crippen LogP contribution >= 0.6 is 11.6 Å². The summed E-state index contributed by atoms with van der Waals surface area (Å²) in [6.45, 7) is 2.17. The second kappa shape index (κ2) is 7.08. The third-order valence-corrected chi connectivity index (χ3v) is 4.53. The number of hydrogen-bond donors (Lipinski definition) is 3. The van der Waals surface area contributed by atoms with Gasteiger partial charge in [0, 0.05) is 48.8 Å². The average Bonchev–Trinajstić information content (AvgIpc) is 2.98. The van der Waals surface area contributed by atoms with Gasteiger partial charge in [-0.1, -0.05) is 17.7 Å². The number of carbonyl (C=O) groups excluding carboxylic acids is 2. The molecule has 0 unspecified atom stereocenters. The van der Waals surface area contributed by atoms with E-state index in [0.29, 0.717) is 19.4 Å². The Morgan fingerprint density at radius 3 is 2.83 bits per heavy atom. The number of nitrogens with one attached hydrogen (secondary N) is 3. The second-order valence-electron chi connectivity index (χ2n) is 6.07. The fourth-order valence-electron chi connectivity index (χ4n) is 3.05. The molecule has 0 radical (unpaired) electrons. The summed E-state index contributed by atoms with van der Waals surface area (Å²) in [6, 6.07) is 7.72. The van der Waals surface area contributed by atoms with Crippen LogP contribution in [0.4, 0.5) is 10.5 Å². The molecule has 6 nitrogen and oxygen atoms in total. The number of hydrogen-bond acceptors (Lipinski definition) is 3. The molecule has 1 aromatic rings. The lowest BCUT2D eigenvalue weighted by atomic mass is 10.1. The van der Waals surface area contributed by atoms with Gasteiger partial charge in [-0.25, -0.2) is 4.79 Å². The van der Waals surface area contributed by atoms with Gasteiger partial charge >= 0.3 is 6.03 Å². The zero-order valence-electron chi connectivity index (χ0n) is 12.8. The zero-order valence-corrected chi connectivity index (χ0v) is 13.6. The Labute approximate surface area is 140 Å². The normalized spacial score (nSPS) is 24.2. The summed E-state index contributed by atoms with van der Waals surface area (Å²) in [5.74, 6) is 0.0522. The van der Waals surface area contributed by atoms with Crippen LogP contribution in [0.2, 0.25) is 5.02 Å². The van der Waals surface area contributed by atoms with Gasteiger partial charge in [-0.3, -0.25) is 4.79 Å². The number of anilines is 1. The van der Waals surface area contributed by atoms with Crippen molar-refractivity contribution in [2.45, 2.75) is 31.3 Å². The van der Waals surface area contributed by atoms with E-state index in [1.807, 2.05) is 24.3 Å². The number of benzene rings is 1. The Hall–Kier alpha value is -1.95. The maximum atomic E-state index is 12.1. The first-order chi connectivity index (χ1) is 11.1. The smallest absolute Gasteiger partial charge is 0.315 e. The molecule has 2 aliphatic rings. The molecule has 2 fully saturated rings. The fraction of sp³-hybridized carbons (Fsp3) is 0.500. The van der Waals surface area contributed by atoms with E-state index < -0.39 is 0 Å². The molecule has 0 spiro atoms. The highest BCUT2D eigenvalue weighted by Gasteiger charge is 2.25. The number of piperidine rings is 1. The molecule has 0 bridgehead atoms. The number of nitrogens with zero attached hydrogens (tertiary/aromatic N) is 1. The Kier molecular flexibility index (Phi) is 4.91. The molecule has 3 rings (SSSR count). The molecule has 23 heavy (non-hydrogen) atoms. The lowest BCUT2D eigenvalue weighted by Gasteiger charge is -2.24. The van der Waals surface area contributed by atoms with Crippen LogP contribution in [0, 0.1) is 0 Å². The maximum Gasteiger partial charge on any atom is 0.315 e. The first-order valence-electron chi connectivity index (χ1n) is 7.94. The fourth-order valence-corrected chi connectivity index (χ4v) is 3.24. The molecule has 2 heterocycles. The number of halogens is 1. The van der Waals surface area contributed by atoms with Gasteiger partial charge in [-0.2, -0.15) is 0 Å². The van der Waals surface area contributed by atoms with Gasteiger partial charge in [0.1, 0.15) is 0 Å². The third kappa shape index (κ3) is 4.28. The SMILES string of the molecule is O=C1CC[C@H](NC(=O)N[C@H]2CCN(c3cccc(Cl)c3)C2)CN1. The van der Waals surface area contributed by atoms with Crippen LogP contribution in [0.5, 0.6) is 0 Å². The second-order valence-corrected chi connectivity index (χ2v) is 6.51. The predicted molar refractivity (Wildman–Crippen MR) is 89.8 cm³/mol. The highest BCUT2D eigenvalue weighted by molar-refractivity contribution is 6.30. The van der Waals surface area contributed by atoms with Crippen LogP contribution in [0.15, 0.2) is 24.3 Å². The van der Waals surface area contributed by atoms with E-state index in [4.69, 9.17) is 11.6 Å². The van der Waals surface area contributed by atoms with Gasteiger partial charge in [-0.05, 0) is 31.0 Å². The molecular weight excluding hydrogens is 316 g/mol. The van der Waals surface area contributed by atoms with Crippen LogP contribution in [0.25, 0.3) is 0 Å². The van der Waals surface area contributed by atoms with Crippen LogP contribution in [0.3, 0.4) is 0 Å². The summed E-state index contributed by atoms with van der Waals surface area (Å²) >= 11 is 6.03. The minimum atomic E-state index is -0.163. The summed E-state index contributed by atoms with van der Waals surface area (Å²) in [5, 5.41) is 9.42. The minimum absolute atomic E-state index is 0.0122. The summed E-state index contributed by atoms with van der Waals surface area (Å²) in [6.07, 6.45) is 2.07. The Bertz CT molecular complexity index is 585. The van der Waals surface area contributed by atoms with E-state index in [1.54, 1.807) is 0 Å². The lowest BCUT2D eigenvalue weighted by Crippen LogP contribution is -2.52. The molecule has 124 valence electrons. The monoisotopic (exact) mass is 336 g/mol. The zero-order chi connectivity index (χ0) is 16.2. The molecule has 0 aliphatic carbocycles. The van der Waals surface area contributed by atoms with Crippen molar-refractivity contribution in [2.75, 3.05) is 24.5 Å². The molecule has 7 heteroatoms. The summed E-state index contributed by atoms with van der Waals surface area (Å²) in [5.41, 5.74) is 1.08. The van der Waals surface area contributed by atoms with Crippen molar-refractivity contribution in [3.8, 4) is 0 Å². The molecule has 2 aliphatic heterocycles. The molecule has 1 aromatic carbocycles. The van der Waals surface area contributed by atoms with Crippen LogP contribution in [-0.2, 0) is 4.79 Å². The largest absolute Gasteiger partial charge is 0.369 e. The van der Waals surface area contributed by atoms with Gasteiger partial charge in [0.05, 0.1) is 0 Å². The van der Waals surface area contributed by atoms with E-state index >= 15 is 0 Å². The minimum Gasteiger partial charge on any atom is -0.369 e. The summed E-state index contributed by atoms with van der Waals surface area (Å²) in [7, 11) is 0. The highest BCUT2D eigenvalue weighted by Crippen LogP contribution is 2.23. The van der Waals surface area contributed by atoms with Gasteiger partial charge in [0.15, 0.2) is 0 Å².